The number of hydrogen-bond donors (Lipinski definition) is 2. The zero-order chi connectivity index (χ0) is 8.27. The number of primary amides is 1. The average molecular weight is 151 g/mol. The van der Waals surface area contributed by atoms with Crippen molar-refractivity contribution in [3.05, 3.63) is 24.0 Å². The van der Waals surface area contributed by atoms with Gasteiger partial charge in [-0.2, -0.15) is 0 Å². The van der Waals surface area contributed by atoms with Gasteiger partial charge in [0, 0.05) is 6.20 Å². The van der Waals surface area contributed by atoms with Gasteiger partial charge in [-0.15, -0.1) is 0 Å². The normalized spacial score (nSPS) is 9.18. The van der Waals surface area contributed by atoms with Crippen LogP contribution in [0.1, 0.15) is 5.56 Å². The van der Waals surface area contributed by atoms with Crippen LogP contribution in [-0.2, 0) is 0 Å². The van der Waals surface area contributed by atoms with Gasteiger partial charge in [0.05, 0.1) is 11.9 Å². The van der Waals surface area contributed by atoms with Crippen molar-refractivity contribution in [3.63, 3.8) is 0 Å². The van der Waals surface area contributed by atoms with Crippen molar-refractivity contribution in [2.45, 2.75) is 6.92 Å². The number of urea groups is 1. The third-order valence-electron chi connectivity index (χ3n) is 1.14. The molecule has 0 unspecified atom stereocenters. The van der Waals surface area contributed by atoms with Gasteiger partial charge in [0.25, 0.3) is 0 Å². The lowest BCUT2D eigenvalue weighted by atomic mass is 10.3. The minimum absolute atomic E-state index is 0.572. The quantitative estimate of drug-likeness (QED) is 0.625. The monoisotopic (exact) mass is 151 g/mol. The van der Waals surface area contributed by atoms with E-state index in [2.05, 4.69) is 10.3 Å². The van der Waals surface area contributed by atoms with Crippen molar-refractivity contribution in [3.8, 4) is 0 Å². The number of nitrogens with two attached hydrogens (primary N) is 1. The predicted molar refractivity (Wildman–Crippen MR) is 42.2 cm³/mol. The van der Waals surface area contributed by atoms with Gasteiger partial charge >= 0.3 is 6.03 Å². The van der Waals surface area contributed by atoms with Crippen LogP contribution < -0.4 is 11.1 Å². The molecule has 58 valence electrons. The molecule has 0 fully saturated rings. The third-order valence-corrected chi connectivity index (χ3v) is 1.14. The van der Waals surface area contributed by atoms with E-state index < -0.39 is 6.03 Å². The summed E-state index contributed by atoms with van der Waals surface area (Å²) in [5.74, 6) is 0. The second-order valence-electron chi connectivity index (χ2n) is 2.24. The Morgan fingerprint density at radius 3 is 2.91 bits per heavy atom. The summed E-state index contributed by atoms with van der Waals surface area (Å²) >= 11 is 0. The third kappa shape index (κ3) is 2.25. The Labute approximate surface area is 64.4 Å². The first-order valence-corrected chi connectivity index (χ1v) is 3.16. The predicted octanol–water partition coefficient (Wildman–Crippen LogP) is 0.881. The molecule has 0 radical (unpaired) electrons. The maximum absolute atomic E-state index is 10.4. The molecule has 0 aliphatic carbocycles. The van der Waals surface area contributed by atoms with E-state index >= 15 is 0 Å². The summed E-state index contributed by atoms with van der Waals surface area (Å²) in [6, 6.07) is 1.22. The molecule has 0 bridgehead atoms. The second-order valence-corrected chi connectivity index (χ2v) is 2.24. The zero-order valence-electron chi connectivity index (χ0n) is 6.16. The van der Waals surface area contributed by atoms with E-state index in [1.54, 1.807) is 12.3 Å². The molecule has 1 aromatic heterocycles. The SMILES string of the molecule is Cc1cncc(NC(N)=O)c1. The summed E-state index contributed by atoms with van der Waals surface area (Å²) in [7, 11) is 0. The molecule has 0 atom stereocenters. The van der Waals surface area contributed by atoms with E-state index in [0.717, 1.165) is 5.56 Å². The van der Waals surface area contributed by atoms with Crippen LogP contribution in [0, 0.1) is 6.92 Å². The smallest absolute Gasteiger partial charge is 0.316 e. The van der Waals surface area contributed by atoms with E-state index in [1.807, 2.05) is 6.92 Å². The molecule has 4 nitrogen and oxygen atoms in total. The lowest BCUT2D eigenvalue weighted by Crippen LogP contribution is -2.19. The van der Waals surface area contributed by atoms with Crippen LogP contribution in [0.2, 0.25) is 0 Å². The van der Waals surface area contributed by atoms with Gasteiger partial charge in [-0.3, -0.25) is 4.98 Å². The number of nitrogens with one attached hydrogen (secondary N) is 1. The number of aromatic nitrogens is 1. The van der Waals surface area contributed by atoms with Crippen LogP contribution in [0.25, 0.3) is 0 Å². The lowest BCUT2D eigenvalue weighted by molar-refractivity contribution is 0.259. The average Bonchev–Trinajstić information content (AvgIpc) is 1.85. The standard InChI is InChI=1S/C7H9N3O/c1-5-2-6(4-9-3-5)10-7(8)11/h2-4H,1H3,(H3,8,10,11). The van der Waals surface area contributed by atoms with Crippen LogP contribution in [0.4, 0.5) is 10.5 Å². The lowest BCUT2D eigenvalue weighted by Gasteiger charge is -2.00. The van der Waals surface area contributed by atoms with Gasteiger partial charge in [-0.25, -0.2) is 4.79 Å². The Hall–Kier alpha value is -1.58. The summed E-state index contributed by atoms with van der Waals surface area (Å²) in [6.45, 7) is 1.89. The highest BCUT2D eigenvalue weighted by Crippen LogP contribution is 2.05. The first kappa shape index (κ1) is 7.53. The molecule has 0 saturated carbocycles. The molecule has 4 heteroatoms. The number of anilines is 1. The number of amides is 2. The van der Waals surface area contributed by atoms with E-state index in [0.29, 0.717) is 5.69 Å². The van der Waals surface area contributed by atoms with Crippen molar-refractivity contribution in [1.82, 2.24) is 4.98 Å². The maximum Gasteiger partial charge on any atom is 0.316 e. The van der Waals surface area contributed by atoms with Gasteiger partial charge < -0.3 is 11.1 Å². The van der Waals surface area contributed by atoms with Crippen molar-refractivity contribution in [2.24, 2.45) is 5.73 Å². The van der Waals surface area contributed by atoms with Gasteiger partial charge in [0.15, 0.2) is 0 Å². The summed E-state index contributed by atoms with van der Waals surface area (Å²) in [5.41, 5.74) is 6.50. The van der Waals surface area contributed by atoms with Gasteiger partial charge in [0.2, 0.25) is 0 Å². The Kier molecular flexibility index (Phi) is 2.06. The Morgan fingerprint density at radius 2 is 2.36 bits per heavy atom. The summed E-state index contributed by atoms with van der Waals surface area (Å²) in [6.07, 6.45) is 3.24. The molecule has 0 spiro atoms. The van der Waals surface area contributed by atoms with Crippen molar-refractivity contribution in [1.29, 1.82) is 0 Å². The van der Waals surface area contributed by atoms with E-state index in [4.69, 9.17) is 5.73 Å². The molecule has 11 heavy (non-hydrogen) atoms. The number of aryl methyl sites for hydroxylation is 1. The highest BCUT2D eigenvalue weighted by atomic mass is 16.2. The number of carbonyl (C=O) groups is 1. The number of rotatable bonds is 1. The highest BCUT2D eigenvalue weighted by Gasteiger charge is 1.94. The molecule has 0 aromatic carbocycles. The summed E-state index contributed by atoms with van der Waals surface area (Å²) in [4.78, 5) is 14.2. The largest absolute Gasteiger partial charge is 0.351 e. The number of nitrogens with zero attached hydrogens (tertiary/aromatic N) is 1. The molecule has 3 N–H and O–H groups in total. The zero-order valence-corrected chi connectivity index (χ0v) is 6.16. The van der Waals surface area contributed by atoms with E-state index in [-0.39, 0.29) is 0 Å². The van der Waals surface area contributed by atoms with E-state index in [9.17, 15) is 4.79 Å². The second kappa shape index (κ2) is 3.01. The van der Waals surface area contributed by atoms with Gasteiger partial charge in [-0.1, -0.05) is 0 Å². The molecule has 1 heterocycles. The van der Waals surface area contributed by atoms with Crippen LogP contribution in [0.15, 0.2) is 18.5 Å². The first-order chi connectivity index (χ1) is 5.18. The van der Waals surface area contributed by atoms with Crippen molar-refractivity contribution in [2.75, 3.05) is 5.32 Å². The van der Waals surface area contributed by atoms with Crippen LogP contribution in [0.5, 0.6) is 0 Å². The molecule has 1 rings (SSSR count). The number of carbonyl (C=O) groups excluding carboxylic acids is 1. The maximum atomic E-state index is 10.4. The molecular weight excluding hydrogens is 142 g/mol. The van der Waals surface area contributed by atoms with Crippen LogP contribution >= 0.6 is 0 Å². The van der Waals surface area contributed by atoms with Crippen LogP contribution in [-0.4, -0.2) is 11.0 Å². The summed E-state index contributed by atoms with van der Waals surface area (Å²) < 4.78 is 0. The van der Waals surface area contributed by atoms with Gasteiger partial charge in [0.1, 0.15) is 0 Å². The topological polar surface area (TPSA) is 68.0 Å². The minimum Gasteiger partial charge on any atom is -0.351 e. The molecule has 0 saturated heterocycles. The molecule has 2 amide bonds. The molecule has 0 aliphatic heterocycles. The molecule has 1 aromatic rings. The Balaban J connectivity index is 2.79. The van der Waals surface area contributed by atoms with Crippen molar-refractivity contribution >= 4 is 11.7 Å². The number of pyridine rings is 1. The number of hydrogen-bond acceptors (Lipinski definition) is 2. The summed E-state index contributed by atoms with van der Waals surface area (Å²) in [5, 5.41) is 2.42. The van der Waals surface area contributed by atoms with E-state index in [1.165, 1.54) is 6.20 Å². The fourth-order valence-corrected chi connectivity index (χ4v) is 0.766. The van der Waals surface area contributed by atoms with Crippen LogP contribution in [0.3, 0.4) is 0 Å². The van der Waals surface area contributed by atoms with Crippen molar-refractivity contribution < 1.29 is 4.79 Å². The Morgan fingerprint density at radius 1 is 1.64 bits per heavy atom. The Bertz CT molecular complexity index is 272. The fourth-order valence-electron chi connectivity index (χ4n) is 0.766. The molecular formula is C7H9N3O. The molecule has 0 aliphatic rings. The highest BCUT2D eigenvalue weighted by molar-refractivity contribution is 5.87. The minimum atomic E-state index is -0.572. The first-order valence-electron chi connectivity index (χ1n) is 3.16. The fraction of sp³-hybridized carbons (Fsp3) is 0.143. The van der Waals surface area contributed by atoms with Gasteiger partial charge in [-0.05, 0) is 18.6 Å².